The number of ketones is 1. The summed E-state index contributed by atoms with van der Waals surface area (Å²) in [4.78, 5) is 27.0. The fraction of sp³-hybridized carbons (Fsp3) is 0.467. The van der Waals surface area contributed by atoms with E-state index in [9.17, 15) is 9.59 Å². The van der Waals surface area contributed by atoms with Crippen molar-refractivity contribution in [1.82, 2.24) is 4.98 Å². The van der Waals surface area contributed by atoms with Crippen LogP contribution in [0.4, 0.5) is 0 Å². The smallest absolute Gasteiger partial charge is 0.355 e. The number of rotatable bonds is 3. The average Bonchev–Trinajstić information content (AvgIpc) is 2.51. The number of hydrogen-bond acceptors (Lipinski definition) is 3. The van der Waals surface area contributed by atoms with Crippen molar-refractivity contribution < 1.29 is 14.3 Å². The Morgan fingerprint density at radius 1 is 1.21 bits per heavy atom. The Labute approximate surface area is 113 Å². The molecular weight excluding hydrogens is 242 g/mol. The third-order valence-corrected chi connectivity index (χ3v) is 2.66. The molecule has 1 rings (SSSR count). The first-order valence-electron chi connectivity index (χ1n) is 6.17. The number of H-pyrrole nitrogens is 1. The molecule has 0 radical (unpaired) electrons. The van der Waals surface area contributed by atoms with Gasteiger partial charge in [0.15, 0.2) is 5.78 Å². The summed E-state index contributed by atoms with van der Waals surface area (Å²) in [6, 6.07) is 0. The van der Waals surface area contributed by atoms with Crippen LogP contribution in [0.1, 0.15) is 59.8 Å². The second-order valence-corrected chi connectivity index (χ2v) is 5.74. The Morgan fingerprint density at radius 3 is 2.16 bits per heavy atom. The third kappa shape index (κ3) is 3.34. The fourth-order valence-electron chi connectivity index (χ4n) is 1.84. The van der Waals surface area contributed by atoms with Gasteiger partial charge in [-0.15, -0.1) is 0 Å². The van der Waals surface area contributed by atoms with Crippen LogP contribution >= 0.6 is 0 Å². The highest BCUT2D eigenvalue weighted by molar-refractivity contribution is 6.11. The molecule has 4 heteroatoms. The number of hydrogen-bond donors (Lipinski definition) is 1. The van der Waals surface area contributed by atoms with Crippen LogP contribution in [0.3, 0.4) is 0 Å². The molecular formula is C15H21NO3. The van der Waals surface area contributed by atoms with Crippen LogP contribution in [0.5, 0.6) is 0 Å². The zero-order valence-corrected chi connectivity index (χ0v) is 12.4. The van der Waals surface area contributed by atoms with Crippen molar-refractivity contribution in [3.63, 3.8) is 0 Å². The molecule has 0 amide bonds. The highest BCUT2D eigenvalue weighted by atomic mass is 16.6. The number of nitrogens with one attached hydrogen (secondary N) is 1. The van der Waals surface area contributed by atoms with Gasteiger partial charge in [0, 0.05) is 11.3 Å². The van der Waals surface area contributed by atoms with E-state index in [0.717, 1.165) is 0 Å². The first-order valence-corrected chi connectivity index (χ1v) is 6.17. The van der Waals surface area contributed by atoms with Crippen LogP contribution in [0, 0.1) is 13.8 Å². The van der Waals surface area contributed by atoms with Gasteiger partial charge in [-0.1, -0.05) is 6.58 Å². The Bertz CT molecular complexity index is 544. The number of aryl methyl sites for hydroxylation is 1. The van der Waals surface area contributed by atoms with Crippen molar-refractivity contribution in [2.24, 2.45) is 0 Å². The molecule has 1 aromatic rings. The van der Waals surface area contributed by atoms with Crippen LogP contribution < -0.4 is 0 Å². The van der Waals surface area contributed by atoms with Crippen LogP contribution in [0.2, 0.25) is 0 Å². The van der Waals surface area contributed by atoms with E-state index < -0.39 is 11.6 Å². The van der Waals surface area contributed by atoms with Gasteiger partial charge in [0.05, 0.1) is 0 Å². The molecule has 0 bridgehead atoms. The molecule has 0 saturated heterocycles. The molecule has 19 heavy (non-hydrogen) atoms. The minimum absolute atomic E-state index is 0.152. The van der Waals surface area contributed by atoms with Crippen molar-refractivity contribution in [2.45, 2.75) is 47.1 Å². The summed E-state index contributed by atoms with van der Waals surface area (Å²) in [6.45, 7) is 14.2. The maximum Gasteiger partial charge on any atom is 0.355 e. The molecule has 0 unspecified atom stereocenters. The normalized spacial score (nSPS) is 11.3. The van der Waals surface area contributed by atoms with E-state index in [-0.39, 0.29) is 5.78 Å². The van der Waals surface area contributed by atoms with Crippen molar-refractivity contribution in [3.8, 4) is 0 Å². The van der Waals surface area contributed by atoms with E-state index >= 15 is 0 Å². The molecule has 1 heterocycles. The molecule has 0 spiro atoms. The van der Waals surface area contributed by atoms with E-state index in [0.29, 0.717) is 28.1 Å². The van der Waals surface area contributed by atoms with Crippen LogP contribution in [0.25, 0.3) is 0 Å². The molecule has 1 aromatic heterocycles. The molecule has 0 aromatic carbocycles. The lowest BCUT2D eigenvalue weighted by atomic mass is 10.0. The van der Waals surface area contributed by atoms with Gasteiger partial charge < -0.3 is 9.72 Å². The van der Waals surface area contributed by atoms with E-state index in [2.05, 4.69) is 11.6 Å². The van der Waals surface area contributed by atoms with E-state index in [4.69, 9.17) is 4.74 Å². The second kappa shape index (κ2) is 5.03. The zero-order valence-electron chi connectivity index (χ0n) is 12.4. The average molecular weight is 263 g/mol. The lowest BCUT2D eigenvalue weighted by molar-refractivity contribution is 0.00626. The number of carbonyl (C=O) groups excluding carboxylic acids is 2. The molecule has 104 valence electrons. The van der Waals surface area contributed by atoms with Crippen LogP contribution in [-0.2, 0) is 4.74 Å². The Morgan fingerprint density at radius 2 is 1.74 bits per heavy atom. The molecule has 0 atom stereocenters. The van der Waals surface area contributed by atoms with Gasteiger partial charge in [-0.2, -0.15) is 0 Å². The standard InChI is InChI=1S/C15H21NO3/c1-8(2)13(17)11-9(3)12(16-10(11)4)14(18)19-15(5,6)7/h16H,1H2,2-7H3. The number of allylic oxidation sites excluding steroid dienone is 1. The molecule has 0 saturated carbocycles. The van der Waals surface area contributed by atoms with E-state index in [1.54, 1.807) is 41.5 Å². The van der Waals surface area contributed by atoms with Crippen molar-refractivity contribution in [1.29, 1.82) is 0 Å². The van der Waals surface area contributed by atoms with E-state index in [1.807, 2.05) is 0 Å². The predicted octanol–water partition coefficient (Wildman–Crippen LogP) is 3.35. The van der Waals surface area contributed by atoms with Crippen LogP contribution in [-0.4, -0.2) is 22.3 Å². The van der Waals surface area contributed by atoms with Gasteiger partial charge in [0.2, 0.25) is 0 Å². The van der Waals surface area contributed by atoms with E-state index in [1.165, 1.54) is 0 Å². The van der Waals surface area contributed by atoms with Gasteiger partial charge in [-0.25, -0.2) is 4.79 Å². The predicted molar refractivity (Wildman–Crippen MR) is 74.6 cm³/mol. The fourth-order valence-corrected chi connectivity index (χ4v) is 1.84. The number of Topliss-reactive ketones (excluding diaryl/α,β-unsaturated/α-hetero) is 1. The summed E-state index contributed by atoms with van der Waals surface area (Å²) in [7, 11) is 0. The lowest BCUT2D eigenvalue weighted by Gasteiger charge is -2.19. The van der Waals surface area contributed by atoms with Gasteiger partial charge in [0.1, 0.15) is 11.3 Å². The minimum atomic E-state index is -0.568. The zero-order chi connectivity index (χ0) is 15.0. The number of aromatic nitrogens is 1. The maximum absolute atomic E-state index is 12.1. The molecule has 0 aliphatic rings. The monoisotopic (exact) mass is 263 g/mol. The quantitative estimate of drug-likeness (QED) is 0.517. The molecule has 0 fully saturated rings. The number of ether oxygens (including phenoxy) is 1. The number of esters is 1. The van der Waals surface area contributed by atoms with Gasteiger partial charge in [0.25, 0.3) is 0 Å². The largest absolute Gasteiger partial charge is 0.455 e. The molecule has 0 aliphatic carbocycles. The highest BCUT2D eigenvalue weighted by Gasteiger charge is 2.25. The van der Waals surface area contributed by atoms with Gasteiger partial charge in [-0.05, 0) is 52.7 Å². The molecule has 4 nitrogen and oxygen atoms in total. The second-order valence-electron chi connectivity index (χ2n) is 5.74. The van der Waals surface area contributed by atoms with Gasteiger partial charge in [-0.3, -0.25) is 4.79 Å². The number of carbonyl (C=O) groups is 2. The topological polar surface area (TPSA) is 59.2 Å². The SMILES string of the molecule is C=C(C)C(=O)c1c(C)[nH]c(C(=O)OC(C)(C)C)c1C. The summed E-state index contributed by atoms with van der Waals surface area (Å²) in [5.74, 6) is -0.602. The Kier molecular flexibility index (Phi) is 4.03. The summed E-state index contributed by atoms with van der Waals surface area (Å²) in [5.41, 5.74) is 1.98. The van der Waals surface area contributed by atoms with Crippen molar-refractivity contribution >= 4 is 11.8 Å². The molecule has 1 N–H and O–H groups in total. The Balaban J connectivity index is 3.20. The summed E-state index contributed by atoms with van der Waals surface area (Å²) >= 11 is 0. The van der Waals surface area contributed by atoms with Gasteiger partial charge >= 0.3 is 5.97 Å². The highest BCUT2D eigenvalue weighted by Crippen LogP contribution is 2.22. The third-order valence-electron chi connectivity index (χ3n) is 2.66. The molecule has 0 aliphatic heterocycles. The number of aromatic amines is 1. The van der Waals surface area contributed by atoms with Crippen molar-refractivity contribution in [3.05, 3.63) is 34.7 Å². The Hall–Kier alpha value is -1.84. The first-order chi connectivity index (χ1) is 8.54. The lowest BCUT2D eigenvalue weighted by Crippen LogP contribution is -2.24. The van der Waals surface area contributed by atoms with Crippen molar-refractivity contribution in [2.75, 3.05) is 0 Å². The summed E-state index contributed by atoms with van der Waals surface area (Å²) in [6.07, 6.45) is 0. The maximum atomic E-state index is 12.1. The van der Waals surface area contributed by atoms with Crippen LogP contribution in [0.15, 0.2) is 12.2 Å². The minimum Gasteiger partial charge on any atom is -0.455 e. The first kappa shape index (κ1) is 15.2. The summed E-state index contributed by atoms with van der Waals surface area (Å²) in [5, 5.41) is 0. The summed E-state index contributed by atoms with van der Waals surface area (Å²) < 4.78 is 5.31.